The number of nitrogens with zero attached hydrogens (tertiary/aromatic N) is 3. The van der Waals surface area contributed by atoms with Gasteiger partial charge in [0.2, 0.25) is 11.6 Å². The molecular weight excluding hydrogens is 270 g/mol. The molecule has 0 atom stereocenters. The number of carbonyl (C=O) groups excluding carboxylic acids is 1. The van der Waals surface area contributed by atoms with E-state index in [9.17, 15) is 4.79 Å². The van der Waals surface area contributed by atoms with Crippen LogP contribution >= 0.6 is 11.8 Å². The maximum atomic E-state index is 12.2. The molecule has 0 bridgehead atoms. The number of thioether (sulfide) groups is 1. The van der Waals surface area contributed by atoms with Gasteiger partial charge < -0.3 is 10.2 Å². The van der Waals surface area contributed by atoms with E-state index < -0.39 is 5.91 Å². The molecule has 1 aliphatic heterocycles. The SMILES string of the molecule is N=C1S/C(=C/c2ccco2)C(=O)N1c1nonc1N. The van der Waals surface area contributed by atoms with Crippen molar-refractivity contribution in [1.82, 2.24) is 10.3 Å². The van der Waals surface area contributed by atoms with E-state index >= 15 is 0 Å². The van der Waals surface area contributed by atoms with Crippen LogP contribution in [0.2, 0.25) is 0 Å². The molecule has 0 spiro atoms. The van der Waals surface area contributed by atoms with Gasteiger partial charge in [0.05, 0.1) is 11.2 Å². The van der Waals surface area contributed by atoms with Gasteiger partial charge in [0, 0.05) is 6.08 Å². The Kier molecular flexibility index (Phi) is 2.60. The maximum Gasteiger partial charge on any atom is 0.272 e. The van der Waals surface area contributed by atoms with Crippen LogP contribution in [0.25, 0.3) is 6.08 Å². The number of nitrogen functional groups attached to an aromatic ring is 1. The summed E-state index contributed by atoms with van der Waals surface area (Å²) < 4.78 is 9.56. The standard InChI is InChI=1S/C10H7N5O3S/c11-7-8(14-18-13-7)15-9(16)6(19-10(15)12)4-5-2-1-3-17-5/h1-4,12H,(H2,11,13)/b6-4+,12-10?. The van der Waals surface area contributed by atoms with Crippen LogP contribution in [-0.2, 0) is 4.79 Å². The number of hydrogen-bond acceptors (Lipinski definition) is 8. The fraction of sp³-hybridized carbons (Fsp3) is 0. The molecule has 0 aromatic carbocycles. The fourth-order valence-corrected chi connectivity index (χ4v) is 2.35. The van der Waals surface area contributed by atoms with Crippen LogP contribution in [0, 0.1) is 5.41 Å². The second-order valence-electron chi connectivity index (χ2n) is 3.54. The lowest BCUT2D eigenvalue weighted by Crippen LogP contribution is -2.29. The first-order chi connectivity index (χ1) is 9.16. The van der Waals surface area contributed by atoms with Crippen LogP contribution in [0.4, 0.5) is 11.6 Å². The lowest BCUT2D eigenvalue weighted by Gasteiger charge is -2.08. The van der Waals surface area contributed by atoms with Crippen molar-refractivity contribution in [1.29, 1.82) is 5.41 Å². The lowest BCUT2D eigenvalue weighted by molar-refractivity contribution is -0.113. The number of carbonyl (C=O) groups is 1. The Hall–Kier alpha value is -2.55. The second kappa shape index (κ2) is 4.28. The number of aromatic nitrogens is 2. The third-order valence-electron chi connectivity index (χ3n) is 2.35. The Labute approximate surface area is 110 Å². The number of hydrogen-bond donors (Lipinski definition) is 2. The monoisotopic (exact) mass is 277 g/mol. The van der Waals surface area contributed by atoms with E-state index in [1.165, 1.54) is 6.26 Å². The maximum absolute atomic E-state index is 12.2. The van der Waals surface area contributed by atoms with Gasteiger partial charge in [-0.25, -0.2) is 9.53 Å². The predicted molar refractivity (Wildman–Crippen MR) is 68.2 cm³/mol. The smallest absolute Gasteiger partial charge is 0.272 e. The molecule has 0 saturated carbocycles. The molecule has 0 unspecified atom stereocenters. The van der Waals surface area contributed by atoms with Crippen LogP contribution in [0.1, 0.15) is 5.76 Å². The van der Waals surface area contributed by atoms with E-state index in [0.717, 1.165) is 16.7 Å². The predicted octanol–water partition coefficient (Wildman–Crippen LogP) is 1.30. The van der Waals surface area contributed by atoms with E-state index in [0.29, 0.717) is 10.7 Å². The van der Waals surface area contributed by atoms with E-state index in [4.69, 9.17) is 15.6 Å². The number of anilines is 2. The Bertz CT molecular complexity index is 675. The molecule has 19 heavy (non-hydrogen) atoms. The van der Waals surface area contributed by atoms with Crippen LogP contribution in [0.5, 0.6) is 0 Å². The number of amidine groups is 1. The fourth-order valence-electron chi connectivity index (χ4n) is 1.53. The first kappa shape index (κ1) is 11.5. The highest BCUT2D eigenvalue weighted by Crippen LogP contribution is 2.35. The highest BCUT2D eigenvalue weighted by Gasteiger charge is 2.37. The topological polar surface area (TPSA) is 122 Å². The summed E-state index contributed by atoms with van der Waals surface area (Å²) in [6, 6.07) is 3.41. The Morgan fingerprint density at radius 1 is 1.47 bits per heavy atom. The third kappa shape index (κ3) is 1.89. The number of furan rings is 1. The van der Waals surface area contributed by atoms with Crippen molar-refractivity contribution in [3.63, 3.8) is 0 Å². The molecular formula is C10H7N5O3S. The van der Waals surface area contributed by atoms with Gasteiger partial charge in [-0.05, 0) is 34.2 Å². The summed E-state index contributed by atoms with van der Waals surface area (Å²) >= 11 is 0.983. The minimum Gasteiger partial charge on any atom is -0.465 e. The molecule has 1 amide bonds. The van der Waals surface area contributed by atoms with Crippen LogP contribution < -0.4 is 10.6 Å². The lowest BCUT2D eigenvalue weighted by atomic mass is 10.3. The summed E-state index contributed by atoms with van der Waals surface area (Å²) in [6.07, 6.45) is 3.05. The van der Waals surface area contributed by atoms with E-state index in [2.05, 4.69) is 14.9 Å². The Morgan fingerprint density at radius 3 is 2.95 bits per heavy atom. The first-order valence-electron chi connectivity index (χ1n) is 5.11. The Morgan fingerprint density at radius 2 is 2.32 bits per heavy atom. The molecule has 1 aliphatic rings. The average molecular weight is 277 g/mol. The second-order valence-corrected chi connectivity index (χ2v) is 4.58. The molecule has 1 saturated heterocycles. The number of rotatable bonds is 2. The zero-order valence-electron chi connectivity index (χ0n) is 9.36. The van der Waals surface area contributed by atoms with Gasteiger partial charge >= 0.3 is 0 Å². The van der Waals surface area contributed by atoms with Crippen molar-refractivity contribution >= 4 is 40.5 Å². The number of nitrogens with one attached hydrogen (secondary N) is 1. The van der Waals surface area contributed by atoms with Gasteiger partial charge in [-0.1, -0.05) is 0 Å². The molecule has 1 fully saturated rings. The van der Waals surface area contributed by atoms with Crippen LogP contribution in [-0.4, -0.2) is 21.4 Å². The molecule has 9 heteroatoms. The van der Waals surface area contributed by atoms with Gasteiger partial charge in [0.15, 0.2) is 5.17 Å². The first-order valence-corrected chi connectivity index (χ1v) is 5.92. The highest BCUT2D eigenvalue weighted by atomic mass is 32.2. The summed E-state index contributed by atoms with van der Waals surface area (Å²) in [4.78, 5) is 13.6. The zero-order valence-corrected chi connectivity index (χ0v) is 10.2. The normalized spacial score (nSPS) is 17.7. The molecule has 0 radical (unpaired) electrons. The summed E-state index contributed by atoms with van der Waals surface area (Å²) in [5, 5.41) is 14.7. The van der Waals surface area contributed by atoms with Crippen molar-refractivity contribution in [3.05, 3.63) is 29.1 Å². The summed E-state index contributed by atoms with van der Waals surface area (Å²) in [5.74, 6) is 0.0776. The molecule has 3 rings (SSSR count). The Balaban J connectivity index is 1.96. The van der Waals surface area contributed by atoms with E-state index in [-0.39, 0.29) is 16.8 Å². The summed E-state index contributed by atoms with van der Waals surface area (Å²) in [6.45, 7) is 0. The van der Waals surface area contributed by atoms with Gasteiger partial charge in [-0.2, -0.15) is 0 Å². The average Bonchev–Trinajstić information content (AvgIpc) is 3.05. The molecule has 3 N–H and O–H groups in total. The van der Waals surface area contributed by atoms with E-state index in [1.54, 1.807) is 18.2 Å². The molecule has 3 heterocycles. The van der Waals surface area contributed by atoms with Gasteiger partial charge in [0.1, 0.15) is 5.76 Å². The van der Waals surface area contributed by atoms with Gasteiger partial charge in [-0.15, -0.1) is 0 Å². The molecule has 96 valence electrons. The summed E-state index contributed by atoms with van der Waals surface area (Å²) in [7, 11) is 0. The van der Waals surface area contributed by atoms with Crippen molar-refractivity contribution < 1.29 is 13.8 Å². The quantitative estimate of drug-likeness (QED) is 0.793. The largest absolute Gasteiger partial charge is 0.465 e. The van der Waals surface area contributed by atoms with Crippen molar-refractivity contribution in [2.24, 2.45) is 0 Å². The number of amides is 1. The number of nitrogens with two attached hydrogens (primary N) is 1. The van der Waals surface area contributed by atoms with Crippen LogP contribution in [0.3, 0.4) is 0 Å². The molecule has 2 aromatic heterocycles. The van der Waals surface area contributed by atoms with Gasteiger partial charge in [-0.3, -0.25) is 10.2 Å². The van der Waals surface area contributed by atoms with Gasteiger partial charge in [0.25, 0.3) is 5.91 Å². The van der Waals surface area contributed by atoms with E-state index in [1.807, 2.05) is 0 Å². The molecule has 0 aliphatic carbocycles. The molecule has 2 aromatic rings. The minimum absolute atomic E-state index is 0.0188. The summed E-state index contributed by atoms with van der Waals surface area (Å²) in [5.41, 5.74) is 5.52. The van der Waals surface area contributed by atoms with Crippen molar-refractivity contribution in [3.8, 4) is 0 Å². The highest BCUT2D eigenvalue weighted by molar-refractivity contribution is 8.19. The minimum atomic E-state index is -0.422. The molecule has 8 nitrogen and oxygen atoms in total. The van der Waals surface area contributed by atoms with Crippen molar-refractivity contribution in [2.75, 3.05) is 10.6 Å². The zero-order chi connectivity index (χ0) is 13.4. The van der Waals surface area contributed by atoms with Crippen LogP contribution in [0.15, 0.2) is 32.3 Å². The van der Waals surface area contributed by atoms with Crippen molar-refractivity contribution in [2.45, 2.75) is 0 Å². The third-order valence-corrected chi connectivity index (χ3v) is 3.24.